The van der Waals surface area contributed by atoms with Crippen LogP contribution >= 0.6 is 0 Å². The molecule has 0 radical (unpaired) electrons. The molecule has 0 amide bonds. The molecule has 4 heteroatoms. The number of benzene rings is 2. The summed E-state index contributed by atoms with van der Waals surface area (Å²) in [6.07, 6.45) is 2.30. The maximum Gasteiger partial charge on any atom is 0.127 e. The van der Waals surface area contributed by atoms with Crippen LogP contribution in [0.2, 0.25) is 0 Å². The molecule has 134 valence electrons. The van der Waals surface area contributed by atoms with Crippen LogP contribution in [0.25, 0.3) is 0 Å². The minimum atomic E-state index is 0.109. The fourth-order valence-corrected chi connectivity index (χ4v) is 3.64. The largest absolute Gasteiger partial charge is 0.496 e. The first-order chi connectivity index (χ1) is 12.2. The second kappa shape index (κ2) is 8.37. The quantitative estimate of drug-likeness (QED) is 0.839. The first-order valence-electron chi connectivity index (χ1n) is 8.84. The van der Waals surface area contributed by atoms with Gasteiger partial charge in [0.2, 0.25) is 0 Å². The Balaban J connectivity index is 1.61. The van der Waals surface area contributed by atoms with E-state index in [4.69, 9.17) is 14.6 Å². The summed E-state index contributed by atoms with van der Waals surface area (Å²) in [5.74, 6) is 2.45. The van der Waals surface area contributed by atoms with E-state index in [0.29, 0.717) is 5.92 Å². The molecule has 25 heavy (non-hydrogen) atoms. The van der Waals surface area contributed by atoms with E-state index in [1.807, 2.05) is 30.3 Å². The molecule has 1 N–H and O–H groups in total. The standard InChI is InChI=1S/C21H27NO3/c1-24-20-4-3-5-21(25-2)19(20)14-22-11-10-18(13-22)12-16-6-8-17(15-23)9-7-16/h3-9,18,23H,10-15H2,1-2H3/t18-/m0/s1. The number of nitrogens with zero attached hydrogens (tertiary/aromatic N) is 1. The Morgan fingerprint density at radius 2 is 1.64 bits per heavy atom. The molecule has 1 saturated heterocycles. The van der Waals surface area contributed by atoms with Gasteiger partial charge in [0.15, 0.2) is 0 Å². The first kappa shape index (κ1) is 17.8. The second-order valence-corrected chi connectivity index (χ2v) is 6.71. The summed E-state index contributed by atoms with van der Waals surface area (Å²) in [5.41, 5.74) is 3.44. The molecular weight excluding hydrogens is 314 g/mol. The first-order valence-corrected chi connectivity index (χ1v) is 8.84. The molecule has 1 aliphatic rings. The highest BCUT2D eigenvalue weighted by atomic mass is 16.5. The lowest BCUT2D eigenvalue weighted by molar-refractivity contribution is 0.282. The van der Waals surface area contributed by atoms with E-state index in [2.05, 4.69) is 17.0 Å². The van der Waals surface area contributed by atoms with Gasteiger partial charge in [-0.1, -0.05) is 30.3 Å². The molecule has 0 aliphatic carbocycles. The lowest BCUT2D eigenvalue weighted by atomic mass is 9.98. The van der Waals surface area contributed by atoms with Crippen LogP contribution in [0.3, 0.4) is 0 Å². The summed E-state index contributed by atoms with van der Waals surface area (Å²) in [5, 5.41) is 9.15. The van der Waals surface area contributed by atoms with Crippen molar-refractivity contribution in [1.29, 1.82) is 0 Å². The van der Waals surface area contributed by atoms with E-state index in [1.54, 1.807) is 14.2 Å². The number of methoxy groups -OCH3 is 2. The van der Waals surface area contributed by atoms with Crippen molar-refractivity contribution in [3.8, 4) is 11.5 Å². The van der Waals surface area contributed by atoms with E-state index in [-0.39, 0.29) is 6.61 Å². The highest BCUT2D eigenvalue weighted by molar-refractivity contribution is 5.44. The number of ether oxygens (including phenoxy) is 2. The third kappa shape index (κ3) is 4.33. The summed E-state index contributed by atoms with van der Waals surface area (Å²) in [4.78, 5) is 2.48. The molecular formula is C21H27NO3. The predicted molar refractivity (Wildman–Crippen MR) is 99.0 cm³/mol. The minimum absolute atomic E-state index is 0.109. The number of hydrogen-bond acceptors (Lipinski definition) is 4. The van der Waals surface area contributed by atoms with Gasteiger partial charge in [0, 0.05) is 13.1 Å². The monoisotopic (exact) mass is 341 g/mol. The number of likely N-dealkylation sites (tertiary alicyclic amines) is 1. The molecule has 0 aromatic heterocycles. The highest BCUT2D eigenvalue weighted by Gasteiger charge is 2.24. The summed E-state index contributed by atoms with van der Waals surface area (Å²) < 4.78 is 11.0. The van der Waals surface area contributed by atoms with E-state index >= 15 is 0 Å². The topological polar surface area (TPSA) is 41.9 Å². The third-order valence-corrected chi connectivity index (χ3v) is 5.01. The molecule has 0 spiro atoms. The predicted octanol–water partition coefficient (Wildman–Crippen LogP) is 3.26. The van der Waals surface area contributed by atoms with Gasteiger partial charge >= 0.3 is 0 Å². The zero-order chi connectivity index (χ0) is 17.6. The summed E-state index contributed by atoms with van der Waals surface area (Å²) in [6, 6.07) is 14.3. The van der Waals surface area contributed by atoms with Crippen molar-refractivity contribution in [1.82, 2.24) is 4.90 Å². The Hall–Kier alpha value is -2.04. The molecule has 2 aromatic rings. The number of aliphatic hydroxyl groups is 1. The normalized spacial score (nSPS) is 17.6. The molecule has 2 aromatic carbocycles. The smallest absolute Gasteiger partial charge is 0.127 e. The van der Waals surface area contributed by atoms with Gasteiger partial charge in [0.05, 0.1) is 26.4 Å². The molecule has 1 aliphatic heterocycles. The van der Waals surface area contributed by atoms with Crippen molar-refractivity contribution in [3.05, 3.63) is 59.2 Å². The fraction of sp³-hybridized carbons (Fsp3) is 0.429. The Bertz CT molecular complexity index is 662. The molecule has 1 heterocycles. The molecule has 0 saturated carbocycles. The van der Waals surface area contributed by atoms with E-state index in [0.717, 1.165) is 48.7 Å². The Morgan fingerprint density at radius 1 is 1.00 bits per heavy atom. The van der Waals surface area contributed by atoms with Crippen LogP contribution in [0.5, 0.6) is 11.5 Å². The van der Waals surface area contributed by atoms with Gasteiger partial charge in [0.1, 0.15) is 11.5 Å². The van der Waals surface area contributed by atoms with Crippen LogP contribution in [0.15, 0.2) is 42.5 Å². The average Bonchev–Trinajstić information content (AvgIpc) is 3.09. The highest BCUT2D eigenvalue weighted by Crippen LogP contribution is 2.31. The van der Waals surface area contributed by atoms with Crippen LogP contribution in [-0.4, -0.2) is 37.3 Å². The van der Waals surface area contributed by atoms with Crippen molar-refractivity contribution < 1.29 is 14.6 Å². The maximum atomic E-state index is 9.15. The van der Waals surface area contributed by atoms with Crippen LogP contribution in [-0.2, 0) is 19.6 Å². The summed E-state index contributed by atoms with van der Waals surface area (Å²) in [7, 11) is 3.42. The van der Waals surface area contributed by atoms with Gasteiger partial charge < -0.3 is 14.6 Å². The third-order valence-electron chi connectivity index (χ3n) is 5.01. The number of hydrogen-bond donors (Lipinski definition) is 1. The van der Waals surface area contributed by atoms with Gasteiger partial charge in [-0.3, -0.25) is 4.90 Å². The van der Waals surface area contributed by atoms with Crippen LogP contribution < -0.4 is 9.47 Å². The number of rotatable bonds is 7. The summed E-state index contributed by atoms with van der Waals surface area (Å²) >= 11 is 0. The molecule has 3 rings (SSSR count). The number of aliphatic hydroxyl groups excluding tert-OH is 1. The Kier molecular flexibility index (Phi) is 5.95. The zero-order valence-electron chi connectivity index (χ0n) is 15.1. The molecule has 4 nitrogen and oxygen atoms in total. The van der Waals surface area contributed by atoms with Gasteiger partial charge in [-0.25, -0.2) is 0 Å². The van der Waals surface area contributed by atoms with Gasteiger partial charge in [-0.15, -0.1) is 0 Å². The van der Waals surface area contributed by atoms with Crippen LogP contribution in [0, 0.1) is 5.92 Å². The SMILES string of the molecule is COc1cccc(OC)c1CN1CC[C@@H](Cc2ccc(CO)cc2)C1. The summed E-state index contributed by atoms with van der Waals surface area (Å²) in [6.45, 7) is 3.15. The molecule has 1 atom stereocenters. The van der Waals surface area contributed by atoms with Crippen LogP contribution in [0.1, 0.15) is 23.1 Å². The van der Waals surface area contributed by atoms with Crippen molar-refractivity contribution in [2.24, 2.45) is 5.92 Å². The van der Waals surface area contributed by atoms with Crippen molar-refractivity contribution in [2.45, 2.75) is 26.0 Å². The lowest BCUT2D eigenvalue weighted by Crippen LogP contribution is -2.21. The second-order valence-electron chi connectivity index (χ2n) is 6.71. The zero-order valence-corrected chi connectivity index (χ0v) is 15.1. The van der Waals surface area contributed by atoms with Gasteiger partial charge in [0.25, 0.3) is 0 Å². The molecule has 0 unspecified atom stereocenters. The van der Waals surface area contributed by atoms with E-state index in [1.165, 1.54) is 12.0 Å². The molecule has 1 fully saturated rings. The lowest BCUT2D eigenvalue weighted by Gasteiger charge is -2.20. The van der Waals surface area contributed by atoms with Crippen molar-refractivity contribution in [2.75, 3.05) is 27.3 Å². The Morgan fingerprint density at radius 3 is 2.24 bits per heavy atom. The molecule has 0 bridgehead atoms. The fourth-order valence-electron chi connectivity index (χ4n) is 3.64. The van der Waals surface area contributed by atoms with Crippen LogP contribution in [0.4, 0.5) is 0 Å². The Labute approximate surface area is 150 Å². The van der Waals surface area contributed by atoms with Crippen molar-refractivity contribution >= 4 is 0 Å². The maximum absolute atomic E-state index is 9.15. The van der Waals surface area contributed by atoms with Gasteiger partial charge in [-0.05, 0) is 48.6 Å². The minimum Gasteiger partial charge on any atom is -0.496 e. The van der Waals surface area contributed by atoms with Crippen molar-refractivity contribution in [3.63, 3.8) is 0 Å². The average molecular weight is 341 g/mol. The van der Waals surface area contributed by atoms with E-state index in [9.17, 15) is 0 Å². The van der Waals surface area contributed by atoms with Gasteiger partial charge in [-0.2, -0.15) is 0 Å². The van der Waals surface area contributed by atoms with E-state index < -0.39 is 0 Å².